The highest BCUT2D eigenvalue weighted by atomic mass is 32.5. The maximum Gasteiger partial charge on any atom is 0.380 e. The van der Waals surface area contributed by atoms with E-state index in [1.807, 2.05) is 0 Å². The summed E-state index contributed by atoms with van der Waals surface area (Å²) >= 11 is 4.94. The van der Waals surface area contributed by atoms with Crippen molar-refractivity contribution in [3.8, 4) is 11.5 Å². The Balaban J connectivity index is 2.99. The molecule has 0 aromatic heterocycles. The average Bonchev–Trinajstić information content (AvgIpc) is 2.28. The lowest BCUT2D eigenvalue weighted by Gasteiger charge is -2.18. The molecule has 9 heteroatoms. The van der Waals surface area contributed by atoms with Crippen molar-refractivity contribution in [3.63, 3.8) is 0 Å². The SMILES string of the molecule is COP(=S)(OC)Oc1ccc([N+](=O)[O-])c(O)c1. The van der Waals surface area contributed by atoms with Crippen LogP contribution in [0.1, 0.15) is 0 Å². The summed E-state index contributed by atoms with van der Waals surface area (Å²) in [6.45, 7) is -2.91. The summed E-state index contributed by atoms with van der Waals surface area (Å²) in [7, 11) is 2.66. The van der Waals surface area contributed by atoms with Gasteiger partial charge in [-0.1, -0.05) is 0 Å². The quantitative estimate of drug-likeness (QED) is 0.501. The van der Waals surface area contributed by atoms with Crippen molar-refractivity contribution in [1.29, 1.82) is 0 Å². The highest BCUT2D eigenvalue weighted by Crippen LogP contribution is 2.49. The fourth-order valence-electron chi connectivity index (χ4n) is 0.993. The molecule has 0 spiro atoms. The summed E-state index contributed by atoms with van der Waals surface area (Å²) in [6, 6.07) is 3.49. The van der Waals surface area contributed by atoms with Gasteiger partial charge in [-0.3, -0.25) is 10.1 Å². The lowest BCUT2D eigenvalue weighted by atomic mass is 10.3. The van der Waals surface area contributed by atoms with Gasteiger partial charge in [0.05, 0.1) is 4.92 Å². The Kier molecular flexibility index (Phi) is 4.41. The molecule has 1 aromatic carbocycles. The Hall–Kier alpha value is -1.21. The minimum Gasteiger partial charge on any atom is -0.502 e. The molecule has 17 heavy (non-hydrogen) atoms. The van der Waals surface area contributed by atoms with Crippen LogP contribution in [-0.4, -0.2) is 24.2 Å². The number of nitro groups is 1. The largest absolute Gasteiger partial charge is 0.502 e. The Labute approximate surface area is 102 Å². The zero-order valence-corrected chi connectivity index (χ0v) is 10.7. The van der Waals surface area contributed by atoms with E-state index < -0.39 is 23.1 Å². The first kappa shape index (κ1) is 13.9. The van der Waals surface area contributed by atoms with Gasteiger partial charge in [0.25, 0.3) is 0 Å². The summed E-state index contributed by atoms with van der Waals surface area (Å²) in [5, 5.41) is 19.9. The Morgan fingerprint density at radius 1 is 1.41 bits per heavy atom. The first-order valence-corrected chi connectivity index (χ1v) is 6.86. The number of rotatable bonds is 5. The molecule has 0 aliphatic carbocycles. The van der Waals surface area contributed by atoms with E-state index in [1.54, 1.807) is 0 Å². The van der Waals surface area contributed by atoms with Crippen molar-refractivity contribution in [2.75, 3.05) is 14.2 Å². The van der Waals surface area contributed by atoms with Gasteiger partial charge in [0.15, 0.2) is 5.75 Å². The van der Waals surface area contributed by atoms with E-state index in [2.05, 4.69) is 0 Å². The van der Waals surface area contributed by atoms with Crippen LogP contribution in [0.2, 0.25) is 0 Å². The fourth-order valence-corrected chi connectivity index (χ4v) is 1.92. The second-order valence-corrected chi connectivity index (χ2v) is 5.96. The van der Waals surface area contributed by atoms with Crippen LogP contribution in [0.5, 0.6) is 11.5 Å². The topological polar surface area (TPSA) is 91.1 Å². The van der Waals surface area contributed by atoms with Crippen LogP contribution in [0.4, 0.5) is 5.69 Å². The van der Waals surface area contributed by atoms with Crippen LogP contribution in [0, 0.1) is 10.1 Å². The number of nitrogens with zero attached hydrogens (tertiary/aromatic N) is 1. The number of hydrogen-bond donors (Lipinski definition) is 1. The summed E-state index contributed by atoms with van der Waals surface area (Å²) in [5.74, 6) is -0.374. The van der Waals surface area contributed by atoms with E-state index in [0.717, 1.165) is 12.1 Å². The molecule has 0 bridgehead atoms. The van der Waals surface area contributed by atoms with Crippen molar-refractivity contribution in [3.05, 3.63) is 28.3 Å². The molecule has 0 fully saturated rings. The molecule has 1 rings (SSSR count). The van der Waals surface area contributed by atoms with Crippen molar-refractivity contribution in [2.45, 2.75) is 0 Å². The second-order valence-electron chi connectivity index (χ2n) is 2.81. The number of benzene rings is 1. The predicted molar refractivity (Wildman–Crippen MR) is 63.7 cm³/mol. The van der Waals surface area contributed by atoms with Crippen molar-refractivity contribution in [1.82, 2.24) is 0 Å². The number of nitro benzene ring substituents is 1. The van der Waals surface area contributed by atoms with E-state index in [4.69, 9.17) is 25.4 Å². The highest BCUT2D eigenvalue weighted by molar-refractivity contribution is 8.07. The number of phenolic OH excluding ortho intramolecular Hbond substituents is 1. The van der Waals surface area contributed by atoms with E-state index in [-0.39, 0.29) is 5.75 Å². The molecule has 0 heterocycles. The molecule has 0 aliphatic heterocycles. The third-order valence-electron chi connectivity index (χ3n) is 1.81. The van der Waals surface area contributed by atoms with Crippen LogP contribution in [0.3, 0.4) is 0 Å². The number of hydrogen-bond acceptors (Lipinski definition) is 7. The molecule has 0 unspecified atom stereocenters. The van der Waals surface area contributed by atoms with Gasteiger partial charge in [0.2, 0.25) is 0 Å². The average molecular weight is 279 g/mol. The summed E-state index contributed by atoms with van der Waals surface area (Å²) in [6.07, 6.45) is 0. The Morgan fingerprint density at radius 3 is 2.41 bits per heavy atom. The Bertz CT molecular complexity index is 471. The van der Waals surface area contributed by atoms with Gasteiger partial charge in [-0.2, -0.15) is 0 Å². The van der Waals surface area contributed by atoms with Crippen LogP contribution in [-0.2, 0) is 20.9 Å². The third-order valence-corrected chi connectivity index (χ3v) is 4.25. The summed E-state index contributed by atoms with van der Waals surface area (Å²) in [5.41, 5.74) is -0.416. The fraction of sp³-hybridized carbons (Fsp3) is 0.250. The van der Waals surface area contributed by atoms with Crippen molar-refractivity contribution >= 4 is 24.2 Å². The van der Waals surface area contributed by atoms with Crippen molar-refractivity contribution in [2.24, 2.45) is 0 Å². The van der Waals surface area contributed by atoms with Gasteiger partial charge >= 0.3 is 12.4 Å². The first-order chi connectivity index (χ1) is 7.91. The monoisotopic (exact) mass is 279 g/mol. The molecule has 94 valence electrons. The lowest BCUT2D eigenvalue weighted by molar-refractivity contribution is -0.385. The van der Waals surface area contributed by atoms with E-state index in [0.29, 0.717) is 0 Å². The maximum absolute atomic E-state index is 10.5. The van der Waals surface area contributed by atoms with E-state index >= 15 is 0 Å². The van der Waals surface area contributed by atoms with Gasteiger partial charge in [-0.15, -0.1) is 0 Å². The van der Waals surface area contributed by atoms with Crippen LogP contribution in [0.25, 0.3) is 0 Å². The zero-order valence-electron chi connectivity index (χ0n) is 9.02. The van der Waals surface area contributed by atoms with Gasteiger partial charge in [0, 0.05) is 38.2 Å². The maximum atomic E-state index is 10.5. The van der Waals surface area contributed by atoms with Gasteiger partial charge in [-0.05, 0) is 6.07 Å². The molecule has 0 amide bonds. The summed E-state index contributed by atoms with van der Waals surface area (Å²) < 4.78 is 15.0. The molecular formula is C8H10NO6PS. The molecule has 1 N–H and O–H groups in total. The standard InChI is InChI=1S/C8H10NO6PS/c1-13-16(17,14-2)15-6-3-4-7(9(11)12)8(10)5-6/h3-5,10H,1-2H3. The minimum absolute atomic E-state index is 0.139. The molecule has 0 aliphatic rings. The second kappa shape index (κ2) is 5.42. The number of phenols is 1. The van der Waals surface area contributed by atoms with Gasteiger partial charge < -0.3 is 18.7 Å². The first-order valence-electron chi connectivity index (χ1n) is 4.30. The predicted octanol–water partition coefficient (Wildman–Crippen LogP) is 2.20. The van der Waals surface area contributed by atoms with E-state index in [1.165, 1.54) is 20.3 Å². The minimum atomic E-state index is -2.91. The van der Waals surface area contributed by atoms with E-state index in [9.17, 15) is 15.2 Å². The van der Waals surface area contributed by atoms with Crippen LogP contribution < -0.4 is 4.52 Å². The molecule has 0 saturated carbocycles. The van der Waals surface area contributed by atoms with Crippen LogP contribution >= 0.6 is 6.72 Å². The third kappa shape index (κ3) is 3.37. The zero-order chi connectivity index (χ0) is 13.1. The highest BCUT2D eigenvalue weighted by Gasteiger charge is 2.20. The molecule has 7 nitrogen and oxygen atoms in total. The van der Waals surface area contributed by atoms with Gasteiger partial charge in [-0.25, -0.2) is 0 Å². The molecule has 0 atom stereocenters. The number of aromatic hydroxyl groups is 1. The van der Waals surface area contributed by atoms with Crippen molar-refractivity contribution < 1.29 is 23.6 Å². The molecule has 0 saturated heterocycles. The summed E-state index contributed by atoms with van der Waals surface area (Å²) in [4.78, 5) is 9.77. The van der Waals surface area contributed by atoms with Gasteiger partial charge in [0.1, 0.15) is 5.75 Å². The van der Waals surface area contributed by atoms with Crippen LogP contribution in [0.15, 0.2) is 18.2 Å². The normalized spacial score (nSPS) is 11.2. The lowest BCUT2D eigenvalue weighted by Crippen LogP contribution is -1.97. The molecular weight excluding hydrogens is 269 g/mol. The molecule has 0 radical (unpaired) electrons. The Morgan fingerprint density at radius 2 is 2.00 bits per heavy atom. The molecule has 1 aromatic rings. The smallest absolute Gasteiger partial charge is 0.380 e.